The molecule has 0 spiro atoms. The molecule has 0 aromatic carbocycles. The first-order valence-corrected chi connectivity index (χ1v) is 11.2. The van der Waals surface area contributed by atoms with Crippen LogP contribution in [-0.2, 0) is 4.79 Å². The van der Waals surface area contributed by atoms with Gasteiger partial charge in [0.05, 0.1) is 0 Å². The minimum Gasteiger partial charge on any atom is -0.344 e. The van der Waals surface area contributed by atoms with Gasteiger partial charge in [0.2, 0.25) is 5.91 Å². The largest absolute Gasteiger partial charge is 0.344 e. The molecule has 0 radical (unpaired) electrons. The van der Waals surface area contributed by atoms with Crippen LogP contribution in [0.2, 0.25) is 0 Å². The molecule has 2 fully saturated rings. The van der Waals surface area contributed by atoms with Gasteiger partial charge in [-0.25, -0.2) is 0 Å². The van der Waals surface area contributed by atoms with Crippen LogP contribution in [0.1, 0.15) is 44.6 Å². The zero-order valence-corrected chi connectivity index (χ0v) is 16.6. The zero-order chi connectivity index (χ0) is 17.6. The summed E-state index contributed by atoms with van der Waals surface area (Å²) in [6.45, 7) is 3.44. The highest BCUT2D eigenvalue weighted by atomic mass is 32.2. The van der Waals surface area contributed by atoms with Gasteiger partial charge < -0.3 is 14.4 Å². The van der Waals surface area contributed by atoms with Gasteiger partial charge in [-0.2, -0.15) is 11.8 Å². The summed E-state index contributed by atoms with van der Waals surface area (Å²) in [5.41, 5.74) is 0. The van der Waals surface area contributed by atoms with Crippen molar-refractivity contribution in [3.05, 3.63) is 24.5 Å². The van der Waals surface area contributed by atoms with Crippen molar-refractivity contribution in [1.82, 2.24) is 14.4 Å². The summed E-state index contributed by atoms with van der Waals surface area (Å²) in [5.74, 6) is 1.94. The second-order valence-electron chi connectivity index (χ2n) is 7.65. The maximum atomic E-state index is 13.2. The van der Waals surface area contributed by atoms with Crippen molar-refractivity contribution < 1.29 is 4.79 Å². The summed E-state index contributed by atoms with van der Waals surface area (Å²) in [5, 5.41) is 0. The number of carbonyl (C=O) groups is 1. The van der Waals surface area contributed by atoms with Crippen LogP contribution < -0.4 is 0 Å². The minimum atomic E-state index is -0.0569. The van der Waals surface area contributed by atoms with Gasteiger partial charge in [0.15, 0.2) is 0 Å². The quantitative estimate of drug-likeness (QED) is 0.742. The maximum absolute atomic E-state index is 13.2. The Kier molecular flexibility index (Phi) is 6.88. The highest BCUT2D eigenvalue weighted by Crippen LogP contribution is 2.31. The lowest BCUT2D eigenvalue weighted by molar-refractivity contribution is -0.134. The number of hydrogen-bond acceptors (Lipinski definition) is 3. The average Bonchev–Trinajstić information content (AvgIpc) is 3.16. The maximum Gasteiger partial charge on any atom is 0.245 e. The summed E-state index contributed by atoms with van der Waals surface area (Å²) >= 11 is 1.82. The van der Waals surface area contributed by atoms with Gasteiger partial charge in [-0.3, -0.25) is 4.79 Å². The number of thioether (sulfide) groups is 1. The van der Waals surface area contributed by atoms with E-state index in [9.17, 15) is 4.79 Å². The number of likely N-dealkylation sites (N-methyl/N-ethyl adjacent to an activating group) is 1. The summed E-state index contributed by atoms with van der Waals surface area (Å²) < 4.78 is 2.09. The van der Waals surface area contributed by atoms with Crippen LogP contribution in [-0.4, -0.2) is 65.0 Å². The summed E-state index contributed by atoms with van der Waals surface area (Å²) in [6.07, 6.45) is 13.7. The van der Waals surface area contributed by atoms with Crippen LogP contribution >= 0.6 is 11.8 Å². The molecule has 0 unspecified atom stereocenters. The van der Waals surface area contributed by atoms with Gasteiger partial charge in [0, 0.05) is 32.0 Å². The number of aromatic nitrogens is 1. The molecule has 3 rings (SSSR count). The van der Waals surface area contributed by atoms with Crippen LogP contribution in [0.5, 0.6) is 0 Å². The molecule has 2 aliphatic heterocycles. The predicted molar refractivity (Wildman–Crippen MR) is 106 cm³/mol. The van der Waals surface area contributed by atoms with Gasteiger partial charge in [-0.05, 0) is 75.3 Å². The number of piperidine rings is 2. The number of nitrogens with zero attached hydrogens (tertiary/aromatic N) is 3. The van der Waals surface area contributed by atoms with Gasteiger partial charge in [-0.1, -0.05) is 6.42 Å². The Morgan fingerprint density at radius 3 is 2.72 bits per heavy atom. The van der Waals surface area contributed by atoms with E-state index in [0.717, 1.165) is 18.7 Å². The van der Waals surface area contributed by atoms with E-state index >= 15 is 0 Å². The third-order valence-electron chi connectivity index (χ3n) is 5.98. The molecule has 5 heteroatoms. The molecule has 0 N–H and O–H groups in total. The molecular weight excluding hydrogens is 330 g/mol. The molecule has 2 aliphatic rings. The fraction of sp³-hybridized carbons (Fsp3) is 0.750. The Morgan fingerprint density at radius 1 is 1.20 bits per heavy atom. The lowest BCUT2D eigenvalue weighted by Gasteiger charge is -2.45. The van der Waals surface area contributed by atoms with E-state index in [0.29, 0.717) is 12.0 Å². The normalized spacial score (nSPS) is 25.4. The summed E-state index contributed by atoms with van der Waals surface area (Å²) in [4.78, 5) is 17.9. The molecular formula is C20H33N3OS. The van der Waals surface area contributed by atoms with E-state index in [1.165, 1.54) is 45.2 Å². The molecule has 1 amide bonds. The zero-order valence-electron chi connectivity index (χ0n) is 15.8. The molecule has 25 heavy (non-hydrogen) atoms. The van der Waals surface area contributed by atoms with Crippen molar-refractivity contribution >= 4 is 17.7 Å². The van der Waals surface area contributed by atoms with Crippen molar-refractivity contribution in [2.24, 2.45) is 5.92 Å². The smallest absolute Gasteiger partial charge is 0.245 e. The Balaban J connectivity index is 1.63. The first-order valence-electron chi connectivity index (χ1n) is 9.81. The number of hydrogen-bond donors (Lipinski definition) is 0. The van der Waals surface area contributed by atoms with Crippen molar-refractivity contribution in [3.63, 3.8) is 0 Å². The van der Waals surface area contributed by atoms with E-state index in [2.05, 4.69) is 15.7 Å². The van der Waals surface area contributed by atoms with Crippen molar-refractivity contribution in [2.75, 3.05) is 38.7 Å². The van der Waals surface area contributed by atoms with Crippen LogP contribution in [0.25, 0.3) is 0 Å². The Hall–Kier alpha value is -0.940. The van der Waals surface area contributed by atoms with Crippen LogP contribution in [0.3, 0.4) is 0 Å². The van der Waals surface area contributed by atoms with Gasteiger partial charge in [-0.15, -0.1) is 0 Å². The monoisotopic (exact) mass is 363 g/mol. The molecule has 0 bridgehead atoms. The molecule has 0 saturated carbocycles. The third-order valence-corrected chi connectivity index (χ3v) is 6.63. The van der Waals surface area contributed by atoms with Crippen molar-refractivity contribution in [1.29, 1.82) is 0 Å². The Labute approximate surface area is 156 Å². The van der Waals surface area contributed by atoms with Crippen molar-refractivity contribution in [3.8, 4) is 0 Å². The number of amides is 1. The molecule has 4 nitrogen and oxygen atoms in total. The third kappa shape index (κ3) is 4.62. The van der Waals surface area contributed by atoms with Crippen LogP contribution in [0.4, 0.5) is 0 Å². The summed E-state index contributed by atoms with van der Waals surface area (Å²) in [6, 6.07) is 4.67. The number of rotatable bonds is 7. The van der Waals surface area contributed by atoms with E-state index in [4.69, 9.17) is 0 Å². The van der Waals surface area contributed by atoms with Gasteiger partial charge >= 0.3 is 0 Å². The minimum absolute atomic E-state index is 0.0569. The fourth-order valence-corrected chi connectivity index (χ4v) is 5.13. The Bertz CT molecular complexity index is 531. The molecule has 3 atom stereocenters. The molecule has 1 aromatic heterocycles. The first kappa shape index (κ1) is 18.8. The highest BCUT2D eigenvalue weighted by molar-refractivity contribution is 7.98. The molecule has 2 saturated heterocycles. The van der Waals surface area contributed by atoms with E-state index in [1.807, 2.05) is 48.2 Å². The van der Waals surface area contributed by atoms with Crippen molar-refractivity contribution in [2.45, 2.75) is 50.6 Å². The van der Waals surface area contributed by atoms with Crippen LogP contribution in [0, 0.1) is 5.92 Å². The lowest BCUT2D eigenvalue weighted by Crippen LogP contribution is -2.51. The topological polar surface area (TPSA) is 28.5 Å². The predicted octanol–water partition coefficient (Wildman–Crippen LogP) is 3.51. The number of fused-ring (bicyclic) bond motifs is 1. The SMILES string of the molecule is CSCC[C@H](C(=O)N(C)C[C@@H]1CCCN2CCCC[C@H]12)n1cccc1. The van der Waals surface area contributed by atoms with Gasteiger partial charge in [0.1, 0.15) is 6.04 Å². The van der Waals surface area contributed by atoms with E-state index < -0.39 is 0 Å². The van der Waals surface area contributed by atoms with Crippen LogP contribution in [0.15, 0.2) is 24.5 Å². The fourth-order valence-electron chi connectivity index (χ4n) is 4.67. The molecule has 140 valence electrons. The van der Waals surface area contributed by atoms with E-state index in [1.54, 1.807) is 0 Å². The lowest BCUT2D eigenvalue weighted by atomic mass is 9.83. The second-order valence-corrected chi connectivity index (χ2v) is 8.63. The molecule has 0 aliphatic carbocycles. The standard InChI is InChI=1S/C20H33N3OS/c1-21(16-17-8-7-14-22-11-4-3-9-18(17)22)20(24)19(10-15-25-2)23-12-5-6-13-23/h5-6,12-13,17-19H,3-4,7-11,14-16H2,1-2H3/t17-,18+,19+/m0/s1. The van der Waals surface area contributed by atoms with E-state index in [-0.39, 0.29) is 11.9 Å². The number of carbonyl (C=O) groups excluding carboxylic acids is 1. The summed E-state index contributed by atoms with van der Waals surface area (Å²) in [7, 11) is 2.01. The Morgan fingerprint density at radius 2 is 1.96 bits per heavy atom. The average molecular weight is 364 g/mol. The highest BCUT2D eigenvalue weighted by Gasteiger charge is 2.35. The molecule has 1 aromatic rings. The molecule has 3 heterocycles. The van der Waals surface area contributed by atoms with Gasteiger partial charge in [0.25, 0.3) is 0 Å². The second kappa shape index (κ2) is 9.13. The first-order chi connectivity index (χ1) is 12.2.